The Hall–Kier alpha value is -2.02. The van der Waals surface area contributed by atoms with Crippen LogP contribution in [0.3, 0.4) is 0 Å². The molecule has 0 atom stereocenters. The monoisotopic (exact) mass is 355 g/mol. The van der Waals surface area contributed by atoms with Crippen molar-refractivity contribution in [2.45, 2.75) is 13.1 Å². The first-order valence-electron chi connectivity index (χ1n) is 6.07. The van der Waals surface area contributed by atoms with Crippen LogP contribution in [0.25, 0.3) is 0 Å². The fraction of sp³-hybridized carbons (Fsp3) is 0.143. The van der Waals surface area contributed by atoms with E-state index in [0.717, 1.165) is 12.1 Å². The summed E-state index contributed by atoms with van der Waals surface area (Å²) in [6.45, 7) is 4.09. The van der Waals surface area contributed by atoms with Crippen molar-refractivity contribution in [3.05, 3.63) is 69.1 Å². The van der Waals surface area contributed by atoms with Crippen molar-refractivity contribution in [2.75, 3.05) is 5.32 Å². The minimum absolute atomic E-state index is 0.238. The highest BCUT2D eigenvalue weighted by Crippen LogP contribution is 2.18. The number of allylic oxidation sites excluding steroid dienone is 1. The third-order valence-corrected chi connectivity index (χ3v) is 3.52. The number of nitrogens with zero attached hydrogens (tertiary/aromatic N) is 2. The number of hydrogen-bond acceptors (Lipinski definition) is 3. The predicted octanol–water partition coefficient (Wildman–Crippen LogP) is 3.08. The highest BCUT2D eigenvalue weighted by molar-refractivity contribution is 9.10. The molecule has 1 aromatic heterocycles. The quantitative estimate of drug-likeness (QED) is 0.838. The number of rotatable bonds is 5. The molecule has 0 saturated carbocycles. The number of nitrogens with one attached hydrogen (secondary N) is 1. The third-order valence-electron chi connectivity index (χ3n) is 2.75. The molecule has 0 unspecified atom stereocenters. The van der Waals surface area contributed by atoms with Gasteiger partial charge >= 0.3 is 0 Å². The summed E-state index contributed by atoms with van der Waals surface area (Å²) in [5.41, 5.74) is 0.728. The molecule has 0 spiro atoms. The van der Waals surface area contributed by atoms with E-state index in [1.165, 1.54) is 16.9 Å². The lowest BCUT2D eigenvalue weighted by Gasteiger charge is -2.10. The highest BCUT2D eigenvalue weighted by Gasteiger charge is 2.08. The van der Waals surface area contributed by atoms with E-state index in [-0.39, 0.29) is 12.1 Å². The van der Waals surface area contributed by atoms with Gasteiger partial charge in [0, 0.05) is 6.54 Å². The maximum absolute atomic E-state index is 13.1. The summed E-state index contributed by atoms with van der Waals surface area (Å²) >= 11 is 3.20. The highest BCUT2D eigenvalue weighted by atomic mass is 79.9. The van der Waals surface area contributed by atoms with Crippen LogP contribution in [0, 0.1) is 11.6 Å². The summed E-state index contributed by atoms with van der Waals surface area (Å²) in [7, 11) is 0. The van der Waals surface area contributed by atoms with Crippen LogP contribution in [-0.4, -0.2) is 9.78 Å². The van der Waals surface area contributed by atoms with Gasteiger partial charge in [0.1, 0.15) is 4.47 Å². The van der Waals surface area contributed by atoms with Crippen molar-refractivity contribution in [3.8, 4) is 0 Å². The zero-order chi connectivity index (χ0) is 15.4. The molecule has 21 heavy (non-hydrogen) atoms. The lowest BCUT2D eigenvalue weighted by molar-refractivity contribution is 0.507. The Morgan fingerprint density at radius 1 is 1.38 bits per heavy atom. The van der Waals surface area contributed by atoms with E-state index in [1.54, 1.807) is 6.08 Å². The number of anilines is 1. The molecule has 0 saturated heterocycles. The topological polar surface area (TPSA) is 46.9 Å². The molecule has 1 aromatic carbocycles. The number of aromatic nitrogens is 2. The first-order valence-corrected chi connectivity index (χ1v) is 6.86. The Balaban J connectivity index is 2.16. The molecular weight excluding hydrogens is 344 g/mol. The van der Waals surface area contributed by atoms with Crippen molar-refractivity contribution in [3.63, 3.8) is 0 Å². The van der Waals surface area contributed by atoms with Crippen molar-refractivity contribution < 1.29 is 8.78 Å². The second kappa shape index (κ2) is 6.62. The molecule has 110 valence electrons. The largest absolute Gasteiger partial charge is 0.379 e. The van der Waals surface area contributed by atoms with Gasteiger partial charge in [-0.05, 0) is 33.6 Å². The van der Waals surface area contributed by atoms with E-state index in [2.05, 4.69) is 32.9 Å². The molecule has 0 aliphatic rings. The van der Waals surface area contributed by atoms with Gasteiger partial charge in [0.05, 0.1) is 18.4 Å². The lowest BCUT2D eigenvalue weighted by atomic mass is 10.2. The first-order chi connectivity index (χ1) is 10.0. The van der Waals surface area contributed by atoms with Crippen LogP contribution in [0.4, 0.5) is 14.5 Å². The van der Waals surface area contributed by atoms with E-state index in [4.69, 9.17) is 0 Å². The van der Waals surface area contributed by atoms with Crippen LogP contribution >= 0.6 is 15.9 Å². The summed E-state index contributed by atoms with van der Waals surface area (Å²) in [5, 5.41) is 6.93. The fourth-order valence-electron chi connectivity index (χ4n) is 1.69. The summed E-state index contributed by atoms with van der Waals surface area (Å²) < 4.78 is 27.5. The summed E-state index contributed by atoms with van der Waals surface area (Å²) in [5.74, 6) is -1.80. The fourth-order valence-corrected chi connectivity index (χ4v) is 2.13. The molecule has 0 aliphatic heterocycles. The van der Waals surface area contributed by atoms with Gasteiger partial charge < -0.3 is 5.32 Å². The number of hydrogen-bond donors (Lipinski definition) is 1. The third kappa shape index (κ3) is 3.55. The average Bonchev–Trinajstić information content (AvgIpc) is 2.47. The molecule has 1 heterocycles. The van der Waals surface area contributed by atoms with Gasteiger partial charge in [-0.15, -0.1) is 6.58 Å². The van der Waals surface area contributed by atoms with Crippen LogP contribution in [0.15, 0.2) is 46.3 Å². The smallest absolute Gasteiger partial charge is 0.283 e. The first kappa shape index (κ1) is 15.4. The molecule has 0 radical (unpaired) electrons. The maximum Gasteiger partial charge on any atom is 0.283 e. The molecular formula is C14H12BrF2N3O. The van der Waals surface area contributed by atoms with Gasteiger partial charge in [0.2, 0.25) is 0 Å². The van der Waals surface area contributed by atoms with Gasteiger partial charge in [-0.2, -0.15) is 5.10 Å². The number of halogens is 3. The summed E-state index contributed by atoms with van der Waals surface area (Å²) in [6, 6.07) is 3.62. The van der Waals surface area contributed by atoms with E-state index in [0.29, 0.717) is 22.3 Å². The standard InChI is InChI=1S/C14H12BrF2N3O/c1-2-5-20-14(21)13(15)12(8-19-20)18-7-9-3-4-10(16)11(17)6-9/h2-4,6,8,18H,1,5,7H2. The van der Waals surface area contributed by atoms with E-state index in [1.807, 2.05) is 0 Å². The molecule has 2 aromatic rings. The van der Waals surface area contributed by atoms with E-state index < -0.39 is 11.6 Å². The van der Waals surface area contributed by atoms with E-state index in [9.17, 15) is 13.6 Å². The average molecular weight is 356 g/mol. The molecule has 4 nitrogen and oxygen atoms in total. The van der Waals surface area contributed by atoms with Crippen molar-refractivity contribution in [1.29, 1.82) is 0 Å². The zero-order valence-electron chi connectivity index (χ0n) is 10.9. The molecule has 1 N–H and O–H groups in total. The molecule has 0 bridgehead atoms. The van der Waals surface area contributed by atoms with Crippen LogP contribution in [0.1, 0.15) is 5.56 Å². The maximum atomic E-state index is 13.1. The second-order valence-electron chi connectivity index (χ2n) is 4.25. The van der Waals surface area contributed by atoms with Crippen LogP contribution in [0.2, 0.25) is 0 Å². The van der Waals surface area contributed by atoms with E-state index >= 15 is 0 Å². The Labute approximate surface area is 128 Å². The molecule has 2 rings (SSSR count). The van der Waals surface area contributed by atoms with Gasteiger partial charge in [-0.25, -0.2) is 13.5 Å². The van der Waals surface area contributed by atoms with Crippen molar-refractivity contribution >= 4 is 21.6 Å². The number of benzene rings is 1. The van der Waals surface area contributed by atoms with Gasteiger partial charge in [-0.3, -0.25) is 4.79 Å². The predicted molar refractivity (Wildman–Crippen MR) is 80.1 cm³/mol. The Morgan fingerprint density at radius 3 is 2.81 bits per heavy atom. The van der Waals surface area contributed by atoms with Crippen LogP contribution in [-0.2, 0) is 13.1 Å². The molecule has 0 fully saturated rings. The van der Waals surface area contributed by atoms with Gasteiger partial charge in [0.15, 0.2) is 11.6 Å². The normalized spacial score (nSPS) is 10.4. The molecule has 0 amide bonds. The Bertz CT molecular complexity index is 731. The minimum atomic E-state index is -0.909. The lowest BCUT2D eigenvalue weighted by Crippen LogP contribution is -2.23. The SMILES string of the molecule is C=CCn1ncc(NCc2ccc(F)c(F)c2)c(Br)c1=O. The van der Waals surface area contributed by atoms with Crippen molar-refractivity contribution in [2.24, 2.45) is 0 Å². The zero-order valence-corrected chi connectivity index (χ0v) is 12.5. The Kier molecular flexibility index (Phi) is 4.85. The van der Waals surface area contributed by atoms with Crippen LogP contribution < -0.4 is 10.9 Å². The van der Waals surface area contributed by atoms with Crippen LogP contribution in [0.5, 0.6) is 0 Å². The molecule has 7 heteroatoms. The van der Waals surface area contributed by atoms with Gasteiger partial charge in [0.25, 0.3) is 5.56 Å². The molecule has 0 aliphatic carbocycles. The van der Waals surface area contributed by atoms with Crippen molar-refractivity contribution in [1.82, 2.24) is 9.78 Å². The van der Waals surface area contributed by atoms with Gasteiger partial charge in [-0.1, -0.05) is 12.1 Å². The Morgan fingerprint density at radius 2 is 2.14 bits per heavy atom. The summed E-state index contributed by atoms with van der Waals surface area (Å²) in [4.78, 5) is 11.9. The second-order valence-corrected chi connectivity index (χ2v) is 5.04. The minimum Gasteiger partial charge on any atom is -0.379 e. The summed E-state index contributed by atoms with van der Waals surface area (Å²) in [6.07, 6.45) is 3.05.